The predicted octanol–water partition coefficient (Wildman–Crippen LogP) is 4.57. The van der Waals surface area contributed by atoms with Crippen molar-refractivity contribution in [3.8, 4) is 5.75 Å². The van der Waals surface area contributed by atoms with Gasteiger partial charge in [0.1, 0.15) is 5.75 Å². The van der Waals surface area contributed by atoms with Gasteiger partial charge in [0.25, 0.3) is 11.5 Å². The molecule has 1 amide bonds. The highest BCUT2D eigenvalue weighted by molar-refractivity contribution is 7.07. The number of rotatable bonds is 6. The van der Waals surface area contributed by atoms with E-state index in [-0.39, 0.29) is 11.5 Å². The van der Waals surface area contributed by atoms with Crippen LogP contribution >= 0.6 is 11.3 Å². The van der Waals surface area contributed by atoms with E-state index in [0.29, 0.717) is 26.4 Å². The summed E-state index contributed by atoms with van der Waals surface area (Å²) in [7, 11) is 5.58. The van der Waals surface area contributed by atoms with Gasteiger partial charge in [-0.3, -0.25) is 14.2 Å². The van der Waals surface area contributed by atoms with E-state index < -0.39 is 6.04 Å². The minimum Gasteiger partial charge on any atom is -0.497 e. The summed E-state index contributed by atoms with van der Waals surface area (Å²) < 4.78 is 7.55. The van der Waals surface area contributed by atoms with Crippen LogP contribution in [-0.2, 0) is 4.79 Å². The first kappa shape index (κ1) is 27.1. The number of carbonyl (C=O) groups is 1. The van der Waals surface area contributed by atoms with Crippen molar-refractivity contribution in [2.45, 2.75) is 26.8 Å². The van der Waals surface area contributed by atoms with Crippen LogP contribution in [0, 0.1) is 13.8 Å². The third-order valence-electron chi connectivity index (χ3n) is 7.04. The number of ether oxygens (including phenoxy) is 1. The second-order valence-corrected chi connectivity index (χ2v) is 11.1. The van der Waals surface area contributed by atoms with Gasteiger partial charge in [-0.1, -0.05) is 53.3 Å². The third kappa shape index (κ3) is 5.22. The molecular weight excluding hydrogens is 520 g/mol. The molecule has 0 bridgehead atoms. The van der Waals surface area contributed by atoms with Crippen LogP contribution in [0.1, 0.15) is 35.2 Å². The molecular formula is C32H32N4O3S. The number of nitrogens with zero attached hydrogens (tertiary/aromatic N) is 3. The van der Waals surface area contributed by atoms with E-state index in [2.05, 4.69) is 5.32 Å². The van der Waals surface area contributed by atoms with Crippen molar-refractivity contribution in [2.24, 2.45) is 4.99 Å². The van der Waals surface area contributed by atoms with Crippen molar-refractivity contribution in [3.63, 3.8) is 0 Å². The molecule has 5 rings (SSSR count). The fraction of sp³-hybridized carbons (Fsp3) is 0.219. The Balaban J connectivity index is 1.63. The van der Waals surface area contributed by atoms with Gasteiger partial charge in [0, 0.05) is 25.5 Å². The van der Waals surface area contributed by atoms with Gasteiger partial charge in [-0.05, 0) is 73.9 Å². The van der Waals surface area contributed by atoms with Gasteiger partial charge in [0.05, 0.1) is 29.0 Å². The zero-order chi connectivity index (χ0) is 28.6. The van der Waals surface area contributed by atoms with Crippen molar-refractivity contribution < 1.29 is 9.53 Å². The minimum atomic E-state index is -0.647. The number of thiazole rings is 1. The van der Waals surface area contributed by atoms with E-state index in [9.17, 15) is 9.59 Å². The Hall–Kier alpha value is -4.43. The first-order valence-corrected chi connectivity index (χ1v) is 13.8. The average molecular weight is 553 g/mol. The molecule has 0 unspecified atom stereocenters. The van der Waals surface area contributed by atoms with Gasteiger partial charge in [0.15, 0.2) is 4.80 Å². The van der Waals surface area contributed by atoms with E-state index in [4.69, 9.17) is 9.73 Å². The molecule has 3 aromatic carbocycles. The van der Waals surface area contributed by atoms with Gasteiger partial charge >= 0.3 is 0 Å². The summed E-state index contributed by atoms with van der Waals surface area (Å²) in [4.78, 5) is 35.1. The maximum Gasteiger partial charge on any atom is 0.271 e. The number of aryl methyl sites for hydroxylation is 2. The second kappa shape index (κ2) is 11.0. The molecule has 0 radical (unpaired) electrons. The summed E-state index contributed by atoms with van der Waals surface area (Å²) in [5.41, 5.74) is 6.41. The van der Waals surface area contributed by atoms with Crippen LogP contribution in [0.5, 0.6) is 5.75 Å². The normalized spacial score (nSPS) is 14.9. The lowest BCUT2D eigenvalue weighted by molar-refractivity contribution is -0.113. The van der Waals surface area contributed by atoms with Crippen LogP contribution in [0.4, 0.5) is 11.4 Å². The van der Waals surface area contributed by atoms with Crippen LogP contribution < -0.4 is 29.8 Å². The fourth-order valence-corrected chi connectivity index (χ4v) is 5.92. The van der Waals surface area contributed by atoms with Gasteiger partial charge in [-0.2, -0.15) is 0 Å². The summed E-state index contributed by atoms with van der Waals surface area (Å²) in [6, 6.07) is 20.7. The number of allylic oxidation sites excluding steroid dienone is 1. The van der Waals surface area contributed by atoms with Gasteiger partial charge < -0.3 is 15.0 Å². The zero-order valence-corrected chi connectivity index (χ0v) is 24.3. The van der Waals surface area contributed by atoms with E-state index in [1.807, 2.05) is 113 Å². The Morgan fingerprint density at radius 2 is 1.73 bits per heavy atom. The molecule has 1 aliphatic heterocycles. The fourth-order valence-electron chi connectivity index (χ4n) is 4.88. The molecule has 0 fully saturated rings. The number of nitrogens with one attached hydrogen (secondary N) is 1. The molecule has 204 valence electrons. The number of anilines is 2. The molecule has 40 heavy (non-hydrogen) atoms. The predicted molar refractivity (Wildman–Crippen MR) is 162 cm³/mol. The Morgan fingerprint density at radius 3 is 2.35 bits per heavy atom. The molecule has 0 saturated carbocycles. The van der Waals surface area contributed by atoms with E-state index in [1.54, 1.807) is 11.7 Å². The highest BCUT2D eigenvalue weighted by Gasteiger charge is 2.32. The first-order chi connectivity index (χ1) is 19.2. The number of hydrogen-bond acceptors (Lipinski definition) is 6. The maximum atomic E-state index is 13.9. The molecule has 0 saturated heterocycles. The zero-order valence-electron chi connectivity index (χ0n) is 23.5. The topological polar surface area (TPSA) is 75.9 Å². The van der Waals surface area contributed by atoms with Crippen molar-refractivity contribution in [3.05, 3.63) is 120 Å². The van der Waals surface area contributed by atoms with Crippen LogP contribution in [0.3, 0.4) is 0 Å². The first-order valence-electron chi connectivity index (χ1n) is 13.0. The van der Waals surface area contributed by atoms with Gasteiger partial charge in [-0.25, -0.2) is 4.99 Å². The number of amides is 1. The molecule has 8 heteroatoms. The number of methoxy groups -OCH3 is 1. The van der Waals surface area contributed by atoms with Gasteiger partial charge in [-0.15, -0.1) is 0 Å². The molecule has 1 aromatic heterocycles. The van der Waals surface area contributed by atoms with E-state index >= 15 is 0 Å². The summed E-state index contributed by atoms with van der Waals surface area (Å²) in [5.74, 6) is 0.405. The van der Waals surface area contributed by atoms with Crippen molar-refractivity contribution in [1.82, 2.24) is 4.57 Å². The molecule has 4 aromatic rings. The quantitative estimate of drug-likeness (QED) is 0.381. The van der Waals surface area contributed by atoms with Crippen LogP contribution in [0.15, 0.2) is 87.8 Å². The number of carbonyl (C=O) groups excluding carboxylic acids is 1. The Labute approximate surface area is 237 Å². The van der Waals surface area contributed by atoms with Crippen molar-refractivity contribution >= 4 is 34.7 Å². The largest absolute Gasteiger partial charge is 0.497 e. The molecule has 2 heterocycles. The Bertz CT molecular complexity index is 1800. The van der Waals surface area contributed by atoms with Crippen LogP contribution in [-0.4, -0.2) is 31.7 Å². The molecule has 1 aliphatic rings. The number of fused-ring (bicyclic) bond motifs is 1. The maximum absolute atomic E-state index is 13.9. The van der Waals surface area contributed by atoms with Crippen LogP contribution in [0.25, 0.3) is 6.08 Å². The van der Waals surface area contributed by atoms with Crippen LogP contribution in [0.2, 0.25) is 0 Å². The van der Waals surface area contributed by atoms with Gasteiger partial charge in [0.2, 0.25) is 0 Å². The van der Waals surface area contributed by atoms with Crippen molar-refractivity contribution in [1.29, 1.82) is 0 Å². The SMILES string of the molecule is COc1ccc([C@H]2C(C(=O)Nc3ccc(C)cc3C)=C(C)N=c3s/c(=C/c4ccc(N(C)C)cc4)c(=O)n32)cc1. The second-order valence-electron chi connectivity index (χ2n) is 10.1. The smallest absolute Gasteiger partial charge is 0.271 e. The number of benzene rings is 3. The Morgan fingerprint density at radius 1 is 1.02 bits per heavy atom. The monoisotopic (exact) mass is 552 g/mol. The molecule has 0 aliphatic carbocycles. The lowest BCUT2D eigenvalue weighted by Gasteiger charge is -2.25. The summed E-state index contributed by atoms with van der Waals surface area (Å²) in [6.07, 6.45) is 1.88. The van der Waals surface area contributed by atoms with Crippen molar-refractivity contribution in [2.75, 3.05) is 31.4 Å². The minimum absolute atomic E-state index is 0.189. The highest BCUT2D eigenvalue weighted by Crippen LogP contribution is 2.32. The highest BCUT2D eigenvalue weighted by atomic mass is 32.1. The summed E-state index contributed by atoms with van der Waals surface area (Å²) in [5, 5.41) is 3.07. The third-order valence-corrected chi connectivity index (χ3v) is 8.02. The summed E-state index contributed by atoms with van der Waals surface area (Å²) in [6.45, 7) is 5.80. The number of hydrogen-bond donors (Lipinski definition) is 1. The average Bonchev–Trinajstić information content (AvgIpc) is 3.23. The molecule has 7 nitrogen and oxygen atoms in total. The summed E-state index contributed by atoms with van der Waals surface area (Å²) >= 11 is 1.33. The lowest BCUT2D eigenvalue weighted by atomic mass is 9.95. The lowest BCUT2D eigenvalue weighted by Crippen LogP contribution is -2.40. The number of aromatic nitrogens is 1. The standard InChI is InChI=1S/C32H32N4O3S/c1-19-7-16-26(20(2)17-19)34-30(37)28-21(3)33-32-36(29(28)23-10-14-25(39-6)15-11-23)31(38)27(40-32)18-22-8-12-24(13-9-22)35(4)5/h7-18,29H,1-6H3,(H,34,37)/b27-18+/t29-/m0/s1. The van der Waals surface area contributed by atoms with E-state index in [1.165, 1.54) is 11.3 Å². The molecule has 1 N–H and O–H groups in total. The molecule has 0 spiro atoms. The molecule has 1 atom stereocenters. The Kier molecular flexibility index (Phi) is 7.45. The van der Waals surface area contributed by atoms with E-state index in [0.717, 1.165) is 33.6 Å².